The van der Waals surface area contributed by atoms with Crippen LogP contribution in [0.5, 0.6) is 0 Å². The summed E-state index contributed by atoms with van der Waals surface area (Å²) in [6.45, 7) is 3.24. The van der Waals surface area contributed by atoms with Gasteiger partial charge < -0.3 is 4.90 Å². The molecule has 6 rings (SSSR count). The second-order valence-corrected chi connectivity index (χ2v) is 8.26. The average molecular weight is 328 g/mol. The molecule has 24 heavy (non-hydrogen) atoms. The first-order valence-electron chi connectivity index (χ1n) is 9.43. The van der Waals surface area contributed by atoms with E-state index in [0.717, 1.165) is 38.8 Å². The highest BCUT2D eigenvalue weighted by atomic mass is 16.2. The lowest BCUT2D eigenvalue weighted by Crippen LogP contribution is -2.51. The molecule has 5 nitrogen and oxygen atoms in total. The van der Waals surface area contributed by atoms with Gasteiger partial charge in [0.15, 0.2) is 0 Å². The third kappa shape index (κ3) is 1.78. The highest BCUT2D eigenvalue weighted by Crippen LogP contribution is 2.65. The molecule has 2 saturated heterocycles. The highest BCUT2D eigenvalue weighted by Gasteiger charge is 2.67. The van der Waals surface area contributed by atoms with Crippen LogP contribution in [0.2, 0.25) is 0 Å². The number of hydrogen-bond acceptors (Lipinski definition) is 3. The van der Waals surface area contributed by atoms with E-state index in [-0.39, 0.29) is 41.4 Å². The first-order chi connectivity index (χ1) is 11.6. The minimum atomic E-state index is -0.649. The zero-order valence-electron chi connectivity index (χ0n) is 14.1. The molecule has 128 valence electrons. The SMILES string of the molecule is C[C@@H](C(=O)N1CCCCC1)N1C(=O)[C@@H]2[C@@H]3C=C[C@H]([C@H]4C[C@H]34)[C@@H]2C1=O. The minimum absolute atomic E-state index is 0.0551. The van der Waals surface area contributed by atoms with E-state index >= 15 is 0 Å². The molecule has 7 atom stereocenters. The van der Waals surface area contributed by atoms with Gasteiger partial charge in [-0.1, -0.05) is 12.2 Å². The summed E-state index contributed by atoms with van der Waals surface area (Å²) in [7, 11) is 0. The first kappa shape index (κ1) is 14.7. The van der Waals surface area contributed by atoms with Gasteiger partial charge in [-0.05, 0) is 56.3 Å². The van der Waals surface area contributed by atoms with Crippen molar-refractivity contribution < 1.29 is 14.4 Å². The van der Waals surface area contributed by atoms with E-state index in [1.807, 2.05) is 4.90 Å². The van der Waals surface area contributed by atoms with Crippen LogP contribution in [-0.2, 0) is 14.4 Å². The lowest BCUT2D eigenvalue weighted by atomic mass is 9.63. The fourth-order valence-corrected chi connectivity index (χ4v) is 5.85. The van der Waals surface area contributed by atoms with Crippen molar-refractivity contribution in [3.8, 4) is 0 Å². The van der Waals surface area contributed by atoms with Crippen LogP contribution in [0.15, 0.2) is 12.2 Å². The molecule has 3 amide bonds. The molecule has 2 heterocycles. The van der Waals surface area contributed by atoms with Gasteiger partial charge in [0.2, 0.25) is 17.7 Å². The molecule has 2 aliphatic heterocycles. The Labute approximate surface area is 142 Å². The number of carbonyl (C=O) groups excluding carboxylic acids is 3. The summed E-state index contributed by atoms with van der Waals surface area (Å²) in [4.78, 5) is 42.0. The molecule has 0 aromatic heterocycles. The Balaban J connectivity index is 1.40. The van der Waals surface area contributed by atoms with Gasteiger partial charge in [0, 0.05) is 13.1 Å². The zero-order chi connectivity index (χ0) is 16.6. The molecule has 0 aromatic rings. The summed E-state index contributed by atoms with van der Waals surface area (Å²) in [5.41, 5.74) is 0. The van der Waals surface area contributed by atoms with Crippen LogP contribution >= 0.6 is 0 Å². The number of likely N-dealkylation sites (tertiary alicyclic amines) is 2. The maximum absolute atomic E-state index is 13.0. The number of amides is 3. The van der Waals surface area contributed by atoms with Crippen molar-refractivity contribution in [2.24, 2.45) is 35.5 Å². The second kappa shape index (κ2) is 4.93. The number of imide groups is 1. The first-order valence-corrected chi connectivity index (χ1v) is 9.43. The van der Waals surface area contributed by atoms with Gasteiger partial charge in [-0.25, -0.2) is 0 Å². The van der Waals surface area contributed by atoms with E-state index in [1.165, 1.54) is 4.90 Å². The minimum Gasteiger partial charge on any atom is -0.341 e. The van der Waals surface area contributed by atoms with Crippen molar-refractivity contribution in [2.75, 3.05) is 13.1 Å². The number of nitrogens with zero attached hydrogens (tertiary/aromatic N) is 2. The molecule has 0 aromatic carbocycles. The summed E-state index contributed by atoms with van der Waals surface area (Å²) in [5, 5.41) is 0. The van der Waals surface area contributed by atoms with E-state index in [2.05, 4.69) is 12.2 Å². The molecular weight excluding hydrogens is 304 g/mol. The quantitative estimate of drug-likeness (QED) is 0.569. The Morgan fingerprint density at radius 2 is 1.54 bits per heavy atom. The monoisotopic (exact) mass is 328 g/mol. The van der Waals surface area contributed by atoms with Gasteiger partial charge in [-0.2, -0.15) is 0 Å². The Morgan fingerprint density at radius 1 is 1.00 bits per heavy atom. The normalized spacial score (nSPS) is 43.7. The van der Waals surface area contributed by atoms with Gasteiger partial charge >= 0.3 is 0 Å². The largest absolute Gasteiger partial charge is 0.341 e. The number of hydrogen-bond donors (Lipinski definition) is 0. The van der Waals surface area contributed by atoms with Crippen molar-refractivity contribution in [1.29, 1.82) is 0 Å². The second-order valence-electron chi connectivity index (χ2n) is 8.26. The Bertz CT molecular complexity index is 615. The van der Waals surface area contributed by atoms with Gasteiger partial charge in [0.25, 0.3) is 0 Å². The molecule has 2 bridgehead atoms. The number of allylic oxidation sites excluding steroid dienone is 2. The smallest absolute Gasteiger partial charge is 0.245 e. The lowest BCUT2D eigenvalue weighted by Gasteiger charge is -2.37. The Hall–Kier alpha value is -1.65. The standard InChI is InChI=1S/C19H24N2O3/c1-10(17(22)20-7-3-2-4-8-20)21-18(23)15-11-5-6-12(14-9-13(11)14)16(15)19(21)24/h5-6,10-16H,2-4,7-9H2,1H3/t10-,11+,12+,13+,14+,15-,16+/m0/s1. The van der Waals surface area contributed by atoms with Crippen LogP contribution < -0.4 is 0 Å². The van der Waals surface area contributed by atoms with Crippen molar-refractivity contribution in [2.45, 2.75) is 38.6 Å². The molecule has 6 aliphatic rings. The predicted molar refractivity (Wildman–Crippen MR) is 86.4 cm³/mol. The third-order valence-corrected chi connectivity index (χ3v) is 7.11. The van der Waals surface area contributed by atoms with Crippen molar-refractivity contribution in [1.82, 2.24) is 9.80 Å². The molecule has 0 unspecified atom stereocenters. The maximum Gasteiger partial charge on any atom is 0.245 e. The van der Waals surface area contributed by atoms with Gasteiger partial charge in [0.1, 0.15) is 6.04 Å². The van der Waals surface area contributed by atoms with Crippen molar-refractivity contribution in [3.63, 3.8) is 0 Å². The lowest BCUT2D eigenvalue weighted by molar-refractivity contribution is -0.151. The van der Waals surface area contributed by atoms with Gasteiger partial charge in [0.05, 0.1) is 11.8 Å². The average Bonchev–Trinajstić information content (AvgIpc) is 3.39. The summed E-state index contributed by atoms with van der Waals surface area (Å²) in [5.74, 6) is 1.02. The van der Waals surface area contributed by atoms with Gasteiger partial charge in [-0.15, -0.1) is 0 Å². The zero-order valence-corrected chi connectivity index (χ0v) is 14.1. The fourth-order valence-electron chi connectivity index (χ4n) is 5.85. The Morgan fingerprint density at radius 3 is 2.08 bits per heavy atom. The highest BCUT2D eigenvalue weighted by molar-refractivity contribution is 6.09. The topological polar surface area (TPSA) is 57.7 Å². The van der Waals surface area contributed by atoms with Gasteiger partial charge in [-0.3, -0.25) is 19.3 Å². The Kier molecular flexibility index (Phi) is 3.01. The summed E-state index contributed by atoms with van der Waals surface area (Å²) in [6, 6.07) is -0.649. The molecule has 0 N–H and O–H groups in total. The van der Waals surface area contributed by atoms with E-state index in [9.17, 15) is 14.4 Å². The van der Waals surface area contributed by atoms with Crippen LogP contribution in [0.1, 0.15) is 32.6 Å². The molecule has 2 saturated carbocycles. The fraction of sp³-hybridized carbons (Fsp3) is 0.737. The van der Waals surface area contributed by atoms with E-state index in [4.69, 9.17) is 0 Å². The van der Waals surface area contributed by atoms with Crippen LogP contribution in [0, 0.1) is 35.5 Å². The molecule has 0 radical (unpaired) electrons. The molecule has 4 fully saturated rings. The van der Waals surface area contributed by atoms with Crippen LogP contribution in [0.25, 0.3) is 0 Å². The van der Waals surface area contributed by atoms with Crippen LogP contribution in [-0.4, -0.2) is 46.7 Å². The van der Waals surface area contributed by atoms with E-state index in [1.54, 1.807) is 6.92 Å². The third-order valence-electron chi connectivity index (χ3n) is 7.11. The number of rotatable bonds is 2. The summed E-state index contributed by atoms with van der Waals surface area (Å²) in [6.07, 6.45) is 8.70. The molecule has 4 aliphatic carbocycles. The molecular formula is C19H24N2O3. The van der Waals surface area contributed by atoms with Crippen molar-refractivity contribution in [3.05, 3.63) is 12.2 Å². The van der Waals surface area contributed by atoms with Crippen molar-refractivity contribution >= 4 is 17.7 Å². The number of piperidine rings is 1. The van der Waals surface area contributed by atoms with E-state index < -0.39 is 6.04 Å². The summed E-state index contributed by atoms with van der Waals surface area (Å²) < 4.78 is 0. The maximum atomic E-state index is 13.0. The van der Waals surface area contributed by atoms with Crippen LogP contribution in [0.4, 0.5) is 0 Å². The number of carbonyl (C=O) groups is 3. The molecule has 0 spiro atoms. The van der Waals surface area contributed by atoms with E-state index in [0.29, 0.717) is 11.8 Å². The predicted octanol–water partition coefficient (Wildman–Crippen LogP) is 1.44. The molecule has 5 heteroatoms. The summed E-state index contributed by atoms with van der Waals surface area (Å²) >= 11 is 0. The van der Waals surface area contributed by atoms with Crippen LogP contribution in [0.3, 0.4) is 0 Å².